The molecule has 1 saturated heterocycles. The Morgan fingerprint density at radius 1 is 0.846 bits per heavy atom. The molecule has 4 aromatic carbocycles. The first kappa shape index (κ1) is 57.9. The van der Waals surface area contributed by atoms with Gasteiger partial charge >= 0.3 is 17.7 Å². The lowest BCUT2D eigenvalue weighted by molar-refractivity contribution is -0.160. The maximum atomic E-state index is 14.4. The first-order valence-corrected chi connectivity index (χ1v) is 25.7. The predicted molar refractivity (Wildman–Crippen MR) is 294 cm³/mol. The number of carbonyl (C=O) groups excluding carboxylic acids is 3. The van der Waals surface area contributed by atoms with E-state index in [1.165, 1.54) is 59.4 Å². The van der Waals surface area contributed by atoms with Crippen LogP contribution >= 0.6 is 0 Å². The van der Waals surface area contributed by atoms with Crippen molar-refractivity contribution in [3.8, 4) is 23.0 Å². The summed E-state index contributed by atoms with van der Waals surface area (Å²) in [6, 6.07) is 14.2. The molecule has 20 heteroatoms. The van der Waals surface area contributed by atoms with E-state index in [0.29, 0.717) is 34.9 Å². The van der Waals surface area contributed by atoms with E-state index in [2.05, 4.69) is 15.3 Å². The van der Waals surface area contributed by atoms with Crippen LogP contribution in [0.4, 0.5) is 5.69 Å². The maximum Gasteiger partial charge on any atom is 0.323 e. The van der Waals surface area contributed by atoms with E-state index in [9.17, 15) is 49.5 Å². The van der Waals surface area contributed by atoms with Crippen LogP contribution in [-0.4, -0.2) is 145 Å². The van der Waals surface area contributed by atoms with Crippen molar-refractivity contribution in [2.24, 2.45) is 28.8 Å². The topological polar surface area (TPSA) is 279 Å². The molecular formula is C58H69N5O15. The molecule has 9 atom stereocenters. The molecule has 4 aliphatic rings. The van der Waals surface area contributed by atoms with Gasteiger partial charge in [-0.05, 0) is 51.2 Å². The number of allylic oxidation sites excluding steroid dienone is 2. The number of para-hydroxylation sites is 2. The number of ether oxygens (including phenoxy) is 4. The number of aliphatic carboxylic acids is 1. The van der Waals surface area contributed by atoms with E-state index >= 15 is 0 Å². The van der Waals surface area contributed by atoms with Gasteiger partial charge in [-0.25, -0.2) is 0 Å². The van der Waals surface area contributed by atoms with Crippen molar-refractivity contribution in [1.82, 2.24) is 14.5 Å². The number of pyridine rings is 1. The van der Waals surface area contributed by atoms with Gasteiger partial charge in [0.1, 0.15) is 29.9 Å². The Morgan fingerprint density at radius 2 is 1.46 bits per heavy atom. The number of ketones is 1. The van der Waals surface area contributed by atoms with Crippen LogP contribution in [0, 0.1) is 30.6 Å². The summed E-state index contributed by atoms with van der Waals surface area (Å²) in [4.78, 5) is 66.0. The number of Topliss-reactive ketones (excluding diaryl/α,β-unsaturated/α-hetero) is 1. The quantitative estimate of drug-likeness (QED) is 0.0311. The van der Waals surface area contributed by atoms with Gasteiger partial charge in [0.2, 0.25) is 0 Å². The third kappa shape index (κ3) is 11.6. The number of aliphatic hydroxyl groups is 2. The number of fused-ring (bicyclic) bond motifs is 16. The van der Waals surface area contributed by atoms with Gasteiger partial charge in [0.25, 0.3) is 11.7 Å². The maximum absolute atomic E-state index is 14.4. The number of esters is 1. The van der Waals surface area contributed by atoms with E-state index in [4.69, 9.17) is 24.1 Å². The van der Waals surface area contributed by atoms with Crippen molar-refractivity contribution in [3.63, 3.8) is 0 Å². The second-order valence-corrected chi connectivity index (χ2v) is 20.5. The van der Waals surface area contributed by atoms with Gasteiger partial charge in [0.05, 0.1) is 64.0 Å². The fourth-order valence-electron chi connectivity index (χ4n) is 10.3. The highest BCUT2D eigenvalue weighted by atomic mass is 16.7. The van der Waals surface area contributed by atoms with Crippen molar-refractivity contribution < 1.29 is 68.8 Å². The molecule has 78 heavy (non-hydrogen) atoms. The number of amides is 1. The van der Waals surface area contributed by atoms with Crippen molar-refractivity contribution in [1.29, 1.82) is 0 Å². The molecule has 0 saturated carbocycles. The number of benzene rings is 4. The fraction of sp³-hybridized carbons (Fsp3) is 0.414. The van der Waals surface area contributed by atoms with E-state index in [0.717, 1.165) is 13.1 Å². The largest absolute Gasteiger partial charge is 0.507 e. The van der Waals surface area contributed by atoms with Gasteiger partial charge in [-0.1, -0.05) is 70.2 Å². The summed E-state index contributed by atoms with van der Waals surface area (Å²) in [7, 11) is 3.42. The standard InChI is InChI=1S/C43H58N4O12.C15H11NO3/c1-21-12-11-13-22(2)42(55)45-33-28(20-44-47-17-15-46(9)16-18-47)37(52)30-31(38(33)53)36(51)26(6)40-32(30)41(54)43(8,59-40)57-19-14-29(56-10)23(3)39(58-27(7)48)25(5)35(50)24(4)34(21)49;17-14(18)9-16-12-7-3-1-5-10(12)15(19)11-6-2-4-8-13(11)16/h11-14,19-21,23-25,29,34-35,39,49-53H,15-18H2,1-10H3,(H,45,55);1-8H,9H2,(H,17,18)/b12-11+,19-14+,22-13+,44-20+;/t21-,23-,24+,25?,29?,34-,35+,39+,43-;/m0./s1. The zero-order valence-electron chi connectivity index (χ0n) is 45.4. The van der Waals surface area contributed by atoms with E-state index in [1.54, 1.807) is 98.0 Å². The minimum Gasteiger partial charge on any atom is -0.507 e. The van der Waals surface area contributed by atoms with Crippen LogP contribution in [-0.2, 0) is 35.1 Å². The molecule has 5 aromatic rings. The lowest BCUT2D eigenvalue weighted by Crippen LogP contribution is -2.46. The number of phenolic OH excluding ortho intramolecular Hbond substituents is 3. The Hall–Kier alpha value is -7.78. The lowest BCUT2D eigenvalue weighted by atomic mass is 9.78. The van der Waals surface area contributed by atoms with Crippen LogP contribution in [0.5, 0.6) is 23.0 Å². The van der Waals surface area contributed by atoms with Crippen LogP contribution in [0.3, 0.4) is 0 Å². The SMILES string of the molecule is COC1/C=C/O[C@@]2(C)Oc3c(C)c(O)c4c(O)c(c(/C=N/N5CCN(C)CC5)c(O)c4c3C2=O)NC(=O)/C(C)=C/C=C/[C@H](C)[C@H](O)[C@@H](C)[C@@H](O)C(C)[C@H](OC(C)=O)[C@H]1C.O=C(O)Cn1c2ccccc2c(=O)c2ccccc21. The Bertz CT molecular complexity index is 3260. The van der Waals surface area contributed by atoms with Crippen molar-refractivity contribution in [3.05, 3.63) is 112 Å². The number of phenols is 3. The minimum absolute atomic E-state index is 0.0559. The molecule has 416 valence electrons. The number of carboxylic acid groups (broad SMARTS) is 1. The normalized spacial score (nSPS) is 26.9. The Labute approximate surface area is 451 Å². The number of aliphatic hydroxyl groups excluding tert-OH is 2. The lowest BCUT2D eigenvalue weighted by Gasteiger charge is -2.38. The molecule has 7 N–H and O–H groups in total. The van der Waals surface area contributed by atoms with Gasteiger partial charge in [-0.3, -0.25) is 29.0 Å². The predicted octanol–water partition coefficient (Wildman–Crippen LogP) is 6.57. The summed E-state index contributed by atoms with van der Waals surface area (Å²) in [5, 5.41) is 77.0. The number of carbonyl (C=O) groups is 4. The molecule has 20 nitrogen and oxygen atoms in total. The monoisotopic (exact) mass is 1080 g/mol. The van der Waals surface area contributed by atoms with Crippen LogP contribution in [0.2, 0.25) is 0 Å². The van der Waals surface area contributed by atoms with Gasteiger partial charge in [0.15, 0.2) is 11.2 Å². The van der Waals surface area contributed by atoms with Crippen LogP contribution in [0.15, 0.2) is 94.6 Å². The summed E-state index contributed by atoms with van der Waals surface area (Å²) in [6.07, 6.45) is 4.86. The number of likely N-dealkylation sites (N-methyl/N-ethyl adjacent to an activating group) is 1. The fourth-order valence-corrected chi connectivity index (χ4v) is 10.3. The summed E-state index contributed by atoms with van der Waals surface area (Å²) in [6.45, 7) is 14.9. The molecule has 1 fully saturated rings. The number of nitrogens with zero attached hydrogens (tertiary/aromatic N) is 4. The number of hydrogen-bond donors (Lipinski definition) is 7. The Morgan fingerprint density at radius 3 is 2.05 bits per heavy atom. The number of hydrogen-bond acceptors (Lipinski definition) is 17. The van der Waals surface area contributed by atoms with Gasteiger partial charge in [-0.15, -0.1) is 0 Å². The number of methoxy groups -OCH3 is 1. The van der Waals surface area contributed by atoms with Crippen molar-refractivity contribution in [2.45, 2.75) is 92.1 Å². The highest BCUT2D eigenvalue weighted by Gasteiger charge is 2.50. The summed E-state index contributed by atoms with van der Waals surface area (Å²) in [5.41, 5.74) is 0.881. The smallest absolute Gasteiger partial charge is 0.323 e. The molecule has 1 aromatic heterocycles. The average molecular weight is 1080 g/mol. The Kier molecular flexibility index (Phi) is 17.7. The van der Waals surface area contributed by atoms with Crippen LogP contribution in [0.25, 0.3) is 32.6 Å². The van der Waals surface area contributed by atoms with E-state index < -0.39 is 94.8 Å². The van der Waals surface area contributed by atoms with Crippen molar-refractivity contribution in [2.75, 3.05) is 45.7 Å². The third-order valence-electron chi connectivity index (χ3n) is 15.0. The number of anilines is 1. The molecule has 5 bridgehead atoms. The minimum atomic E-state index is -2.04. The third-order valence-corrected chi connectivity index (χ3v) is 15.0. The van der Waals surface area contributed by atoms with Crippen molar-refractivity contribution >= 4 is 68.1 Å². The molecule has 0 aliphatic carbocycles. The first-order valence-electron chi connectivity index (χ1n) is 25.7. The van der Waals surface area contributed by atoms with Gasteiger partial charge in [0, 0.05) is 98.1 Å². The molecule has 4 aliphatic heterocycles. The molecule has 2 unspecified atom stereocenters. The highest BCUT2D eigenvalue weighted by Crippen LogP contribution is 2.55. The Balaban J connectivity index is 0.000000386. The van der Waals surface area contributed by atoms with Gasteiger partial charge in [-0.2, -0.15) is 5.10 Å². The van der Waals surface area contributed by atoms with Crippen LogP contribution in [0.1, 0.15) is 70.0 Å². The number of aromatic hydroxyl groups is 3. The van der Waals surface area contributed by atoms with E-state index in [1.807, 2.05) is 7.05 Å². The number of nitrogens with one attached hydrogen (secondary N) is 1. The number of aromatic nitrogens is 1. The zero-order chi connectivity index (χ0) is 57.1. The number of carboxylic acids is 1. The first-order chi connectivity index (χ1) is 36.9. The highest BCUT2D eigenvalue weighted by molar-refractivity contribution is 6.24. The summed E-state index contributed by atoms with van der Waals surface area (Å²) in [5.74, 6) is -9.27. The molecule has 9 rings (SSSR count). The molecule has 5 heterocycles. The number of piperazine rings is 1. The molecule has 1 amide bonds. The summed E-state index contributed by atoms with van der Waals surface area (Å²) >= 11 is 0. The number of rotatable bonds is 6. The zero-order valence-corrected chi connectivity index (χ0v) is 45.4. The second-order valence-electron chi connectivity index (χ2n) is 20.5. The second kappa shape index (κ2) is 23.9. The van der Waals surface area contributed by atoms with E-state index in [-0.39, 0.29) is 56.4 Å². The number of hydrazone groups is 1. The molecule has 0 spiro atoms. The van der Waals surface area contributed by atoms with Crippen LogP contribution < -0.4 is 15.5 Å². The molecular weight excluding hydrogens is 1010 g/mol. The molecule has 0 radical (unpaired) electrons. The summed E-state index contributed by atoms with van der Waals surface area (Å²) < 4.78 is 25.3. The van der Waals surface area contributed by atoms with Gasteiger partial charge < -0.3 is 64.4 Å². The average Bonchev–Trinajstić information content (AvgIpc) is 3.88.